The molecule has 1 saturated heterocycles. The molecule has 0 spiro atoms. The van der Waals surface area contributed by atoms with E-state index in [1.807, 2.05) is 49.5 Å². The summed E-state index contributed by atoms with van der Waals surface area (Å²) < 4.78 is 6.60. The first-order valence-corrected chi connectivity index (χ1v) is 10.6. The van der Waals surface area contributed by atoms with Gasteiger partial charge < -0.3 is 14.5 Å². The van der Waals surface area contributed by atoms with Gasteiger partial charge in [0.05, 0.1) is 10.3 Å². The zero-order valence-corrected chi connectivity index (χ0v) is 17.7. The van der Waals surface area contributed by atoms with Gasteiger partial charge in [0.2, 0.25) is 5.91 Å². The molecule has 7 heteroatoms. The van der Waals surface area contributed by atoms with Gasteiger partial charge in [0.1, 0.15) is 5.75 Å². The number of likely N-dealkylation sites (tertiary alicyclic amines) is 1. The third-order valence-corrected chi connectivity index (χ3v) is 6.31. The predicted octanol–water partition coefficient (Wildman–Crippen LogP) is 3.79. The molecule has 0 aliphatic carbocycles. The van der Waals surface area contributed by atoms with Crippen LogP contribution < -0.4 is 4.74 Å². The molecule has 0 radical (unpaired) electrons. The molecule has 1 aliphatic rings. The van der Waals surface area contributed by atoms with Crippen LogP contribution in [-0.2, 0) is 16.1 Å². The van der Waals surface area contributed by atoms with Crippen LogP contribution in [0.15, 0.2) is 46.3 Å². The second kappa shape index (κ2) is 9.37. The van der Waals surface area contributed by atoms with Crippen LogP contribution in [0.2, 0.25) is 0 Å². The van der Waals surface area contributed by atoms with Gasteiger partial charge in [0.15, 0.2) is 6.61 Å². The van der Waals surface area contributed by atoms with Gasteiger partial charge in [-0.15, -0.1) is 11.3 Å². The number of benzene rings is 1. The van der Waals surface area contributed by atoms with Crippen LogP contribution in [0.4, 0.5) is 0 Å². The number of rotatable bonds is 6. The zero-order valence-electron chi connectivity index (χ0n) is 15.3. The van der Waals surface area contributed by atoms with Gasteiger partial charge in [-0.3, -0.25) is 9.59 Å². The fourth-order valence-electron chi connectivity index (χ4n) is 3.19. The highest BCUT2D eigenvalue weighted by Gasteiger charge is 2.29. The molecule has 144 valence electrons. The van der Waals surface area contributed by atoms with Crippen LogP contribution in [-0.4, -0.2) is 48.4 Å². The van der Waals surface area contributed by atoms with Gasteiger partial charge in [-0.05, 0) is 53.0 Å². The normalized spacial score (nSPS) is 14.8. The summed E-state index contributed by atoms with van der Waals surface area (Å²) in [7, 11) is 1.85. The summed E-state index contributed by atoms with van der Waals surface area (Å²) in [6.07, 6.45) is 1.41. The lowest BCUT2D eigenvalue weighted by Gasteiger charge is -2.33. The van der Waals surface area contributed by atoms with Gasteiger partial charge in [0, 0.05) is 30.9 Å². The van der Waals surface area contributed by atoms with Crippen molar-refractivity contribution in [2.45, 2.75) is 19.4 Å². The number of para-hydroxylation sites is 1. The van der Waals surface area contributed by atoms with Crippen molar-refractivity contribution in [1.29, 1.82) is 0 Å². The fraction of sp³-hybridized carbons (Fsp3) is 0.400. The molecule has 3 rings (SSSR count). The minimum atomic E-state index is -0.0263. The van der Waals surface area contributed by atoms with E-state index >= 15 is 0 Å². The van der Waals surface area contributed by atoms with Crippen molar-refractivity contribution in [3.05, 3.63) is 51.1 Å². The van der Waals surface area contributed by atoms with E-state index in [1.54, 1.807) is 21.1 Å². The van der Waals surface area contributed by atoms with E-state index in [2.05, 4.69) is 15.9 Å². The Bertz CT molecular complexity index is 773. The van der Waals surface area contributed by atoms with Crippen LogP contribution in [0, 0.1) is 5.92 Å². The van der Waals surface area contributed by atoms with Crippen molar-refractivity contribution >= 4 is 39.1 Å². The molecule has 0 unspecified atom stereocenters. The largest absolute Gasteiger partial charge is 0.484 e. The minimum absolute atomic E-state index is 0.0162. The minimum Gasteiger partial charge on any atom is -0.484 e. The molecule has 1 aromatic heterocycles. The number of carbonyl (C=O) groups excluding carboxylic acids is 2. The van der Waals surface area contributed by atoms with E-state index in [0.29, 0.717) is 38.2 Å². The number of halogens is 1. The Morgan fingerprint density at radius 2 is 1.89 bits per heavy atom. The first-order chi connectivity index (χ1) is 13.0. The molecule has 1 aliphatic heterocycles. The second-order valence-electron chi connectivity index (χ2n) is 6.66. The highest BCUT2D eigenvalue weighted by molar-refractivity contribution is 9.11. The van der Waals surface area contributed by atoms with Gasteiger partial charge in [-0.25, -0.2) is 0 Å². The first-order valence-electron chi connectivity index (χ1n) is 8.98. The Labute approximate surface area is 172 Å². The number of hydrogen-bond donors (Lipinski definition) is 0. The van der Waals surface area contributed by atoms with Gasteiger partial charge in [0.25, 0.3) is 5.91 Å². The Morgan fingerprint density at radius 3 is 2.52 bits per heavy atom. The van der Waals surface area contributed by atoms with Gasteiger partial charge in [-0.1, -0.05) is 18.2 Å². The molecule has 2 heterocycles. The highest BCUT2D eigenvalue weighted by Crippen LogP contribution is 2.25. The SMILES string of the molecule is CN(Cc1ccc(Br)s1)C(=O)C1CCN(C(=O)COc2ccccc2)CC1. The number of thiophene rings is 1. The number of nitrogens with zero attached hydrogens (tertiary/aromatic N) is 2. The van der Waals surface area contributed by atoms with Crippen LogP contribution in [0.3, 0.4) is 0 Å². The van der Waals surface area contributed by atoms with E-state index in [1.165, 1.54) is 0 Å². The summed E-state index contributed by atoms with van der Waals surface area (Å²) in [6, 6.07) is 13.4. The molecule has 1 aromatic carbocycles. The smallest absolute Gasteiger partial charge is 0.260 e. The van der Waals surface area contributed by atoms with Crippen LogP contribution >= 0.6 is 27.3 Å². The van der Waals surface area contributed by atoms with Crippen molar-refractivity contribution in [3.8, 4) is 5.75 Å². The molecule has 27 heavy (non-hydrogen) atoms. The molecule has 0 bridgehead atoms. The standard InChI is InChI=1S/C20H23BrN2O3S/c1-22(13-17-7-8-18(21)27-17)20(25)15-9-11-23(12-10-15)19(24)14-26-16-5-3-2-4-6-16/h2-8,15H,9-14H2,1H3. The van der Waals surface area contributed by atoms with Crippen molar-refractivity contribution in [2.24, 2.45) is 5.92 Å². The molecule has 0 saturated carbocycles. The van der Waals surface area contributed by atoms with E-state index in [4.69, 9.17) is 4.74 Å². The van der Waals surface area contributed by atoms with Gasteiger partial charge in [-0.2, -0.15) is 0 Å². The average Bonchev–Trinajstić information content (AvgIpc) is 3.11. The molecule has 2 aromatic rings. The van der Waals surface area contributed by atoms with E-state index < -0.39 is 0 Å². The van der Waals surface area contributed by atoms with Crippen molar-refractivity contribution in [1.82, 2.24) is 9.80 Å². The molecule has 0 atom stereocenters. The molecule has 1 fully saturated rings. The number of hydrogen-bond acceptors (Lipinski definition) is 4. The van der Waals surface area contributed by atoms with E-state index in [-0.39, 0.29) is 24.3 Å². The first kappa shape index (κ1) is 19.9. The van der Waals surface area contributed by atoms with E-state index in [0.717, 1.165) is 8.66 Å². The maximum Gasteiger partial charge on any atom is 0.260 e. The lowest BCUT2D eigenvalue weighted by atomic mass is 9.95. The molecule has 5 nitrogen and oxygen atoms in total. The van der Waals surface area contributed by atoms with Crippen molar-refractivity contribution < 1.29 is 14.3 Å². The molecule has 2 amide bonds. The summed E-state index contributed by atoms with van der Waals surface area (Å²) in [5.41, 5.74) is 0. The summed E-state index contributed by atoms with van der Waals surface area (Å²) in [5, 5.41) is 0. The summed E-state index contributed by atoms with van der Waals surface area (Å²) >= 11 is 5.09. The monoisotopic (exact) mass is 450 g/mol. The summed E-state index contributed by atoms with van der Waals surface area (Å²) in [4.78, 5) is 29.8. The summed E-state index contributed by atoms with van der Waals surface area (Å²) in [5.74, 6) is 0.809. The van der Waals surface area contributed by atoms with Crippen molar-refractivity contribution in [2.75, 3.05) is 26.7 Å². The quantitative estimate of drug-likeness (QED) is 0.672. The topological polar surface area (TPSA) is 49.9 Å². The average molecular weight is 451 g/mol. The summed E-state index contributed by atoms with van der Waals surface area (Å²) in [6.45, 7) is 1.87. The Morgan fingerprint density at radius 1 is 1.19 bits per heavy atom. The van der Waals surface area contributed by atoms with E-state index in [9.17, 15) is 9.59 Å². The van der Waals surface area contributed by atoms with Crippen LogP contribution in [0.5, 0.6) is 5.75 Å². The maximum atomic E-state index is 12.7. The van der Waals surface area contributed by atoms with Crippen molar-refractivity contribution in [3.63, 3.8) is 0 Å². The molecular weight excluding hydrogens is 428 g/mol. The third-order valence-electron chi connectivity index (χ3n) is 4.70. The number of amides is 2. The Balaban J connectivity index is 1.43. The number of piperidine rings is 1. The highest BCUT2D eigenvalue weighted by atomic mass is 79.9. The Kier molecular flexibility index (Phi) is 6.90. The molecular formula is C20H23BrN2O3S. The number of carbonyl (C=O) groups is 2. The maximum absolute atomic E-state index is 12.7. The fourth-order valence-corrected chi connectivity index (χ4v) is 4.73. The second-order valence-corrected chi connectivity index (χ2v) is 9.20. The van der Waals surface area contributed by atoms with Gasteiger partial charge >= 0.3 is 0 Å². The molecule has 0 N–H and O–H groups in total. The zero-order chi connectivity index (χ0) is 19.2. The Hall–Kier alpha value is -1.86. The van der Waals surface area contributed by atoms with Crippen LogP contribution in [0.1, 0.15) is 17.7 Å². The third kappa shape index (κ3) is 5.56. The van der Waals surface area contributed by atoms with Crippen LogP contribution in [0.25, 0.3) is 0 Å². The number of ether oxygens (including phenoxy) is 1. The lowest BCUT2D eigenvalue weighted by Crippen LogP contribution is -2.44. The predicted molar refractivity (Wildman–Crippen MR) is 110 cm³/mol. The lowest BCUT2D eigenvalue weighted by molar-refractivity contribution is -0.141.